The first kappa shape index (κ1) is 17.0. The Labute approximate surface area is 121 Å². The van der Waals surface area contributed by atoms with E-state index >= 15 is 0 Å². The van der Waals surface area contributed by atoms with Gasteiger partial charge in [-0.15, -0.1) is 0 Å². The highest BCUT2D eigenvalue weighted by Gasteiger charge is 2.46. The standard InChI is InChI=1S/C12H22O9/c1-4-7(14)10(17)11(18)12(20-4)21-6-3-19-5(2-13)8(15)9(6)16/h4-18H,2-3H2,1H3/t4-,5+,6-,7-,8+,9+,10+,11+,12+/m0/s1. The average Bonchev–Trinajstić information content (AvgIpc) is 2.47. The molecule has 2 aliphatic heterocycles. The van der Waals surface area contributed by atoms with E-state index in [1.54, 1.807) is 0 Å². The minimum atomic E-state index is -1.50. The van der Waals surface area contributed by atoms with Crippen molar-refractivity contribution in [3.8, 4) is 0 Å². The number of aliphatic hydroxyl groups is 6. The summed E-state index contributed by atoms with van der Waals surface area (Å²) in [5.41, 5.74) is 0. The predicted octanol–water partition coefficient (Wildman–Crippen LogP) is -3.69. The second kappa shape index (κ2) is 6.82. The summed E-state index contributed by atoms with van der Waals surface area (Å²) in [4.78, 5) is 0. The van der Waals surface area contributed by atoms with Gasteiger partial charge in [0, 0.05) is 0 Å². The molecule has 124 valence electrons. The molecule has 0 aromatic heterocycles. The molecule has 0 aromatic rings. The smallest absolute Gasteiger partial charge is 0.187 e. The van der Waals surface area contributed by atoms with Gasteiger partial charge in [0.15, 0.2) is 6.29 Å². The number of rotatable bonds is 3. The van der Waals surface area contributed by atoms with Gasteiger partial charge in [-0.25, -0.2) is 0 Å². The van der Waals surface area contributed by atoms with Crippen molar-refractivity contribution < 1.29 is 44.8 Å². The first-order valence-corrected chi connectivity index (χ1v) is 6.80. The van der Waals surface area contributed by atoms with Crippen LogP contribution in [0.1, 0.15) is 6.92 Å². The fourth-order valence-electron chi connectivity index (χ4n) is 2.43. The fourth-order valence-corrected chi connectivity index (χ4v) is 2.43. The van der Waals surface area contributed by atoms with Crippen molar-refractivity contribution in [2.75, 3.05) is 13.2 Å². The zero-order valence-corrected chi connectivity index (χ0v) is 11.5. The van der Waals surface area contributed by atoms with Gasteiger partial charge in [-0.2, -0.15) is 0 Å². The van der Waals surface area contributed by atoms with Gasteiger partial charge < -0.3 is 44.8 Å². The van der Waals surface area contributed by atoms with Crippen molar-refractivity contribution in [3.05, 3.63) is 0 Å². The Hall–Kier alpha value is -0.360. The first-order chi connectivity index (χ1) is 9.86. The molecule has 2 rings (SSSR count). The van der Waals surface area contributed by atoms with Gasteiger partial charge in [0.1, 0.15) is 42.7 Å². The van der Waals surface area contributed by atoms with Crippen LogP contribution in [-0.2, 0) is 14.2 Å². The van der Waals surface area contributed by atoms with Crippen LogP contribution in [0.2, 0.25) is 0 Å². The third-order valence-corrected chi connectivity index (χ3v) is 3.88. The third-order valence-electron chi connectivity index (χ3n) is 3.88. The lowest BCUT2D eigenvalue weighted by atomic mass is 9.98. The average molecular weight is 310 g/mol. The Kier molecular flexibility index (Phi) is 5.52. The van der Waals surface area contributed by atoms with Crippen molar-refractivity contribution in [1.82, 2.24) is 0 Å². The van der Waals surface area contributed by atoms with E-state index in [-0.39, 0.29) is 6.61 Å². The maximum Gasteiger partial charge on any atom is 0.187 e. The maximum absolute atomic E-state index is 9.92. The lowest BCUT2D eigenvalue weighted by Gasteiger charge is -2.43. The van der Waals surface area contributed by atoms with Crippen LogP contribution in [0.4, 0.5) is 0 Å². The van der Waals surface area contributed by atoms with E-state index in [2.05, 4.69) is 0 Å². The van der Waals surface area contributed by atoms with Crippen LogP contribution in [0.25, 0.3) is 0 Å². The quantitative estimate of drug-likeness (QED) is 0.310. The van der Waals surface area contributed by atoms with E-state index in [1.807, 2.05) is 0 Å². The third kappa shape index (κ3) is 3.36. The minimum absolute atomic E-state index is 0.122. The minimum Gasteiger partial charge on any atom is -0.394 e. The van der Waals surface area contributed by atoms with Crippen molar-refractivity contribution >= 4 is 0 Å². The maximum atomic E-state index is 9.92. The Balaban J connectivity index is 1.98. The number of aliphatic hydroxyl groups excluding tert-OH is 6. The van der Waals surface area contributed by atoms with Gasteiger partial charge in [0.2, 0.25) is 0 Å². The Morgan fingerprint density at radius 3 is 2.24 bits per heavy atom. The fraction of sp³-hybridized carbons (Fsp3) is 1.00. The summed E-state index contributed by atoms with van der Waals surface area (Å²) in [7, 11) is 0. The second-order valence-corrected chi connectivity index (χ2v) is 5.39. The monoisotopic (exact) mass is 310 g/mol. The van der Waals surface area contributed by atoms with Gasteiger partial charge in [-0.05, 0) is 6.92 Å². The topological polar surface area (TPSA) is 149 Å². The largest absolute Gasteiger partial charge is 0.394 e. The molecule has 0 aliphatic carbocycles. The summed E-state index contributed by atoms with van der Waals surface area (Å²) in [6.07, 6.45) is -10.9. The van der Waals surface area contributed by atoms with Gasteiger partial charge in [-0.3, -0.25) is 0 Å². The van der Waals surface area contributed by atoms with Gasteiger partial charge >= 0.3 is 0 Å². The Morgan fingerprint density at radius 1 is 0.952 bits per heavy atom. The molecule has 2 fully saturated rings. The van der Waals surface area contributed by atoms with E-state index < -0.39 is 61.7 Å². The zero-order valence-electron chi connectivity index (χ0n) is 11.5. The molecular weight excluding hydrogens is 288 g/mol. The highest BCUT2D eigenvalue weighted by Crippen LogP contribution is 2.26. The van der Waals surface area contributed by atoms with Crippen LogP contribution < -0.4 is 0 Å². The molecule has 0 unspecified atom stereocenters. The van der Waals surface area contributed by atoms with E-state index in [0.717, 1.165) is 0 Å². The molecule has 9 nitrogen and oxygen atoms in total. The first-order valence-electron chi connectivity index (χ1n) is 6.80. The number of hydrogen-bond donors (Lipinski definition) is 6. The molecule has 2 aliphatic rings. The van der Waals surface area contributed by atoms with E-state index in [4.69, 9.17) is 19.3 Å². The summed E-state index contributed by atoms with van der Waals surface area (Å²) >= 11 is 0. The highest BCUT2D eigenvalue weighted by atomic mass is 16.7. The molecule has 0 amide bonds. The van der Waals surface area contributed by atoms with E-state index in [9.17, 15) is 25.5 Å². The molecule has 0 saturated carbocycles. The summed E-state index contributed by atoms with van der Waals surface area (Å²) < 4.78 is 15.7. The van der Waals surface area contributed by atoms with E-state index in [1.165, 1.54) is 6.92 Å². The molecule has 0 bridgehead atoms. The molecule has 9 atom stereocenters. The molecular formula is C12H22O9. The van der Waals surface area contributed by atoms with Crippen molar-refractivity contribution in [1.29, 1.82) is 0 Å². The molecule has 21 heavy (non-hydrogen) atoms. The number of ether oxygens (including phenoxy) is 3. The molecule has 0 radical (unpaired) electrons. The predicted molar refractivity (Wildman–Crippen MR) is 66.1 cm³/mol. The Bertz CT molecular complexity index is 341. The van der Waals surface area contributed by atoms with Crippen molar-refractivity contribution in [2.24, 2.45) is 0 Å². The summed E-state index contributed by atoms with van der Waals surface area (Å²) in [5.74, 6) is 0. The molecule has 9 heteroatoms. The highest BCUT2D eigenvalue weighted by molar-refractivity contribution is 4.91. The molecule has 2 heterocycles. The Morgan fingerprint density at radius 2 is 1.62 bits per heavy atom. The molecule has 2 saturated heterocycles. The van der Waals surface area contributed by atoms with Gasteiger partial charge in [-0.1, -0.05) is 0 Å². The van der Waals surface area contributed by atoms with Crippen molar-refractivity contribution in [3.63, 3.8) is 0 Å². The SMILES string of the molecule is C[C@@H]1O[C@H](O[C@H]2CO[C@H](CO)[C@@H](O)[C@@H]2O)[C@H](O)[C@H](O)[C@H]1O. The van der Waals surface area contributed by atoms with Crippen LogP contribution in [0.3, 0.4) is 0 Å². The summed E-state index contributed by atoms with van der Waals surface area (Å²) in [5, 5.41) is 57.7. The molecule has 6 N–H and O–H groups in total. The molecule has 0 spiro atoms. The molecule has 0 aromatic carbocycles. The van der Waals surface area contributed by atoms with E-state index in [0.29, 0.717) is 0 Å². The normalized spacial score (nSPS) is 51.9. The zero-order chi connectivity index (χ0) is 15.7. The van der Waals surface area contributed by atoms with Crippen LogP contribution in [0.15, 0.2) is 0 Å². The summed E-state index contributed by atoms with van der Waals surface area (Å²) in [6.45, 7) is 0.930. The van der Waals surface area contributed by atoms with Crippen LogP contribution in [0, 0.1) is 0 Å². The van der Waals surface area contributed by atoms with Crippen LogP contribution in [-0.4, -0.2) is 99.0 Å². The van der Waals surface area contributed by atoms with Crippen molar-refractivity contribution in [2.45, 2.75) is 62.0 Å². The lowest BCUT2D eigenvalue weighted by Crippen LogP contribution is -2.61. The van der Waals surface area contributed by atoms with Gasteiger partial charge in [0.05, 0.1) is 19.3 Å². The van der Waals surface area contributed by atoms with Crippen LogP contribution in [0.5, 0.6) is 0 Å². The number of hydrogen-bond acceptors (Lipinski definition) is 9. The lowest BCUT2D eigenvalue weighted by molar-refractivity contribution is -0.326. The second-order valence-electron chi connectivity index (χ2n) is 5.39. The summed E-state index contributed by atoms with van der Waals surface area (Å²) in [6, 6.07) is 0. The van der Waals surface area contributed by atoms with Gasteiger partial charge in [0.25, 0.3) is 0 Å². The van der Waals surface area contributed by atoms with Crippen LogP contribution >= 0.6 is 0 Å².